The zero-order valence-corrected chi connectivity index (χ0v) is 8.73. The summed E-state index contributed by atoms with van der Waals surface area (Å²) in [6.45, 7) is 2.04. The Morgan fingerprint density at radius 3 is 2.71 bits per heavy atom. The lowest BCUT2D eigenvalue weighted by molar-refractivity contribution is 0.0849. The van der Waals surface area contributed by atoms with Crippen LogP contribution in [0.1, 0.15) is 36.0 Å². The third-order valence-corrected chi connectivity index (χ3v) is 3.26. The molecule has 0 unspecified atom stereocenters. The van der Waals surface area contributed by atoms with E-state index in [0.717, 1.165) is 24.2 Å². The van der Waals surface area contributed by atoms with Crippen molar-refractivity contribution in [3.8, 4) is 0 Å². The average Bonchev–Trinajstić information content (AvgIpc) is 2.49. The number of amides is 1. The van der Waals surface area contributed by atoms with Gasteiger partial charge in [-0.2, -0.15) is 0 Å². The van der Waals surface area contributed by atoms with Gasteiger partial charge in [0.05, 0.1) is 0 Å². The van der Waals surface area contributed by atoms with E-state index in [0.29, 0.717) is 10.1 Å². The lowest BCUT2D eigenvalue weighted by Crippen LogP contribution is -2.50. The first-order valence-electron chi connectivity index (χ1n) is 4.51. The summed E-state index contributed by atoms with van der Waals surface area (Å²) in [5.41, 5.74) is 5.35. The molecule has 0 saturated heterocycles. The van der Waals surface area contributed by atoms with Gasteiger partial charge in [-0.05, 0) is 26.2 Å². The zero-order chi connectivity index (χ0) is 10.2. The molecule has 0 aromatic carbocycles. The van der Waals surface area contributed by atoms with E-state index in [9.17, 15) is 4.79 Å². The van der Waals surface area contributed by atoms with Gasteiger partial charge in [-0.15, -0.1) is 10.2 Å². The second kappa shape index (κ2) is 3.20. The smallest absolute Gasteiger partial charge is 0.282 e. The van der Waals surface area contributed by atoms with Crippen LogP contribution in [0.3, 0.4) is 0 Å². The summed E-state index contributed by atoms with van der Waals surface area (Å²) in [6, 6.07) is 0. The van der Waals surface area contributed by atoms with Crippen molar-refractivity contribution in [3.05, 3.63) is 5.01 Å². The molecule has 2 rings (SSSR count). The minimum atomic E-state index is -0.165. The Kier molecular flexibility index (Phi) is 2.14. The summed E-state index contributed by atoms with van der Waals surface area (Å²) < 4.78 is 0. The summed E-state index contributed by atoms with van der Waals surface area (Å²) >= 11 is 1.11. The summed E-state index contributed by atoms with van der Waals surface area (Å²) in [5, 5.41) is 10.9. The number of carbonyl (C=O) groups is 1. The molecule has 1 aromatic rings. The summed E-state index contributed by atoms with van der Waals surface area (Å²) in [7, 11) is 0. The fraction of sp³-hybridized carbons (Fsp3) is 0.625. The van der Waals surface area contributed by atoms with E-state index in [2.05, 4.69) is 15.5 Å². The maximum Gasteiger partial charge on any atom is 0.282 e. The predicted octanol–water partition coefficient (Wildman–Crippen LogP) is 0.793. The van der Waals surface area contributed by atoms with Crippen LogP contribution in [0.2, 0.25) is 0 Å². The van der Waals surface area contributed by atoms with Gasteiger partial charge in [-0.25, -0.2) is 0 Å². The highest BCUT2D eigenvalue weighted by atomic mass is 32.1. The quantitative estimate of drug-likeness (QED) is 0.759. The topological polar surface area (TPSA) is 80.9 Å². The van der Waals surface area contributed by atoms with E-state index in [1.807, 2.05) is 6.92 Å². The van der Waals surface area contributed by atoms with Crippen molar-refractivity contribution in [1.82, 2.24) is 15.5 Å². The van der Waals surface area contributed by atoms with Crippen LogP contribution in [0.25, 0.3) is 0 Å². The molecule has 1 heterocycles. The monoisotopic (exact) mass is 212 g/mol. The normalized spacial score (nSPS) is 18.6. The van der Waals surface area contributed by atoms with Crippen molar-refractivity contribution in [2.45, 2.75) is 31.7 Å². The summed E-state index contributed by atoms with van der Waals surface area (Å²) in [6.07, 6.45) is 3.25. The van der Waals surface area contributed by atoms with Gasteiger partial charge < -0.3 is 11.1 Å². The molecule has 1 aromatic heterocycles. The van der Waals surface area contributed by atoms with E-state index in [4.69, 9.17) is 5.73 Å². The Morgan fingerprint density at radius 1 is 1.57 bits per heavy atom. The van der Waals surface area contributed by atoms with Crippen LogP contribution in [0.5, 0.6) is 0 Å². The molecule has 3 N–H and O–H groups in total. The number of aromatic nitrogens is 2. The Balaban J connectivity index is 2.02. The highest BCUT2D eigenvalue weighted by Crippen LogP contribution is 2.31. The van der Waals surface area contributed by atoms with Gasteiger partial charge in [0, 0.05) is 5.54 Å². The van der Waals surface area contributed by atoms with Gasteiger partial charge in [0.25, 0.3) is 5.91 Å². The number of hydrogen-bond acceptors (Lipinski definition) is 5. The van der Waals surface area contributed by atoms with Gasteiger partial charge in [-0.1, -0.05) is 11.3 Å². The molecule has 6 heteroatoms. The third kappa shape index (κ3) is 1.70. The number of anilines is 1. The first kappa shape index (κ1) is 9.39. The van der Waals surface area contributed by atoms with Gasteiger partial charge >= 0.3 is 0 Å². The molecule has 0 bridgehead atoms. The molecule has 14 heavy (non-hydrogen) atoms. The Hall–Kier alpha value is -1.17. The van der Waals surface area contributed by atoms with Crippen LogP contribution in [0, 0.1) is 0 Å². The second-order valence-corrected chi connectivity index (χ2v) is 4.82. The van der Waals surface area contributed by atoms with Gasteiger partial charge in [0.1, 0.15) is 0 Å². The van der Waals surface area contributed by atoms with Crippen molar-refractivity contribution in [1.29, 1.82) is 0 Å². The maximum absolute atomic E-state index is 11.6. The lowest BCUT2D eigenvalue weighted by atomic mass is 9.78. The fourth-order valence-electron chi connectivity index (χ4n) is 1.49. The molecule has 76 valence electrons. The molecule has 5 nitrogen and oxygen atoms in total. The van der Waals surface area contributed by atoms with Crippen molar-refractivity contribution in [2.75, 3.05) is 5.73 Å². The number of nitrogens with zero attached hydrogens (tertiary/aromatic N) is 2. The van der Waals surface area contributed by atoms with Gasteiger partial charge in [0.2, 0.25) is 10.1 Å². The Labute approximate surface area is 85.7 Å². The highest BCUT2D eigenvalue weighted by Gasteiger charge is 2.34. The van der Waals surface area contributed by atoms with Crippen LogP contribution in [-0.4, -0.2) is 21.6 Å². The summed E-state index contributed by atoms with van der Waals surface area (Å²) in [5.74, 6) is -0.165. The van der Waals surface area contributed by atoms with Crippen molar-refractivity contribution in [3.63, 3.8) is 0 Å². The van der Waals surface area contributed by atoms with E-state index < -0.39 is 0 Å². The first-order chi connectivity index (χ1) is 6.59. The lowest BCUT2D eigenvalue weighted by Gasteiger charge is -2.38. The molecule has 0 spiro atoms. The maximum atomic E-state index is 11.6. The predicted molar refractivity (Wildman–Crippen MR) is 54.0 cm³/mol. The number of rotatable bonds is 2. The number of nitrogen functional groups attached to an aromatic ring is 1. The molecule has 1 aliphatic rings. The standard InChI is InChI=1S/C8H12N4OS/c1-8(3-2-4-8)10-5(13)6-11-12-7(9)14-6/h2-4H2,1H3,(H2,9,12)(H,10,13). The van der Waals surface area contributed by atoms with E-state index >= 15 is 0 Å². The minimum absolute atomic E-state index is 0.0441. The SMILES string of the molecule is CC1(NC(=O)c2nnc(N)s2)CCC1. The van der Waals surface area contributed by atoms with Gasteiger partial charge in [0.15, 0.2) is 0 Å². The Bertz CT molecular complexity index is 358. The Morgan fingerprint density at radius 2 is 2.29 bits per heavy atom. The molecule has 1 fully saturated rings. The van der Waals surface area contributed by atoms with Crippen molar-refractivity contribution >= 4 is 22.4 Å². The highest BCUT2D eigenvalue weighted by molar-refractivity contribution is 7.16. The molecular formula is C8H12N4OS. The minimum Gasteiger partial charge on any atom is -0.374 e. The molecule has 1 aliphatic carbocycles. The zero-order valence-electron chi connectivity index (χ0n) is 7.91. The molecule has 1 amide bonds. The number of hydrogen-bond donors (Lipinski definition) is 2. The molecule has 0 atom stereocenters. The second-order valence-electron chi connectivity index (χ2n) is 3.81. The van der Waals surface area contributed by atoms with Crippen LogP contribution < -0.4 is 11.1 Å². The molecule has 1 saturated carbocycles. The number of nitrogens with two attached hydrogens (primary N) is 1. The largest absolute Gasteiger partial charge is 0.374 e. The van der Waals surface area contributed by atoms with E-state index in [1.54, 1.807) is 0 Å². The van der Waals surface area contributed by atoms with Crippen LogP contribution in [0.15, 0.2) is 0 Å². The van der Waals surface area contributed by atoms with Crippen molar-refractivity contribution < 1.29 is 4.79 Å². The van der Waals surface area contributed by atoms with E-state index in [-0.39, 0.29) is 11.4 Å². The molecule has 0 aliphatic heterocycles. The van der Waals surface area contributed by atoms with Crippen LogP contribution in [0.4, 0.5) is 5.13 Å². The van der Waals surface area contributed by atoms with Gasteiger partial charge in [-0.3, -0.25) is 4.79 Å². The van der Waals surface area contributed by atoms with Crippen LogP contribution >= 0.6 is 11.3 Å². The van der Waals surface area contributed by atoms with Crippen molar-refractivity contribution in [2.24, 2.45) is 0 Å². The average molecular weight is 212 g/mol. The number of nitrogens with one attached hydrogen (secondary N) is 1. The fourth-order valence-corrected chi connectivity index (χ4v) is 1.99. The number of carbonyl (C=O) groups excluding carboxylic acids is 1. The first-order valence-corrected chi connectivity index (χ1v) is 5.32. The molecule has 0 radical (unpaired) electrons. The van der Waals surface area contributed by atoms with Crippen LogP contribution in [-0.2, 0) is 0 Å². The van der Waals surface area contributed by atoms with E-state index in [1.165, 1.54) is 6.42 Å². The summed E-state index contributed by atoms with van der Waals surface area (Å²) in [4.78, 5) is 11.6. The third-order valence-electron chi connectivity index (χ3n) is 2.51. The molecular weight excluding hydrogens is 200 g/mol.